The van der Waals surface area contributed by atoms with Crippen LogP contribution in [0, 0.1) is 0 Å². The summed E-state index contributed by atoms with van der Waals surface area (Å²) in [5.74, 6) is 0.953. The summed E-state index contributed by atoms with van der Waals surface area (Å²) >= 11 is 0. The first kappa shape index (κ1) is 16.7. The lowest BCUT2D eigenvalue weighted by molar-refractivity contribution is 0.0679. The van der Waals surface area contributed by atoms with Gasteiger partial charge in [0, 0.05) is 25.7 Å². The Kier molecular flexibility index (Phi) is 6.31. The maximum Gasteiger partial charge on any atom is 0.119 e. The lowest BCUT2D eigenvalue weighted by Gasteiger charge is -2.28. The summed E-state index contributed by atoms with van der Waals surface area (Å²) in [7, 11) is 0. The van der Waals surface area contributed by atoms with Crippen molar-refractivity contribution < 1.29 is 9.47 Å². The van der Waals surface area contributed by atoms with Gasteiger partial charge in [0.1, 0.15) is 12.4 Å². The van der Waals surface area contributed by atoms with Gasteiger partial charge in [-0.05, 0) is 56.5 Å². The number of benzene rings is 1. The van der Waals surface area contributed by atoms with Crippen LogP contribution < -0.4 is 10.1 Å². The summed E-state index contributed by atoms with van der Waals surface area (Å²) in [4.78, 5) is 2.61. The first-order valence-electron chi connectivity index (χ1n) is 9.13. The van der Waals surface area contributed by atoms with Crippen molar-refractivity contribution in [2.75, 3.05) is 32.8 Å². The molecule has 0 amide bonds. The second-order valence-corrected chi connectivity index (χ2v) is 6.71. The molecule has 2 aliphatic heterocycles. The molecule has 3 rings (SSSR count). The lowest BCUT2D eigenvalue weighted by Crippen LogP contribution is -2.36. The lowest BCUT2D eigenvalue weighted by atomic mass is 10.1. The Bertz CT molecular complexity index is 451. The van der Waals surface area contributed by atoms with Crippen molar-refractivity contribution >= 4 is 0 Å². The van der Waals surface area contributed by atoms with Crippen LogP contribution in [0.1, 0.15) is 38.2 Å². The zero-order valence-electron chi connectivity index (χ0n) is 14.3. The number of nitrogens with one attached hydrogen (secondary N) is 1. The van der Waals surface area contributed by atoms with E-state index in [-0.39, 0.29) is 6.10 Å². The molecule has 2 unspecified atom stereocenters. The molecule has 4 nitrogen and oxygen atoms in total. The molecule has 0 aliphatic carbocycles. The van der Waals surface area contributed by atoms with E-state index in [2.05, 4.69) is 41.4 Å². The van der Waals surface area contributed by atoms with E-state index in [1.54, 1.807) is 0 Å². The fourth-order valence-electron chi connectivity index (χ4n) is 3.52. The van der Waals surface area contributed by atoms with Crippen LogP contribution >= 0.6 is 0 Å². The summed E-state index contributed by atoms with van der Waals surface area (Å²) in [6.45, 7) is 8.31. The zero-order chi connectivity index (χ0) is 15.9. The number of hydrogen-bond acceptors (Lipinski definition) is 4. The van der Waals surface area contributed by atoms with Gasteiger partial charge in [0.25, 0.3) is 0 Å². The van der Waals surface area contributed by atoms with Gasteiger partial charge in [-0.3, -0.25) is 4.90 Å². The summed E-state index contributed by atoms with van der Waals surface area (Å²) < 4.78 is 11.4. The van der Waals surface area contributed by atoms with Gasteiger partial charge in [-0.1, -0.05) is 19.1 Å². The minimum atomic E-state index is 0.282. The highest BCUT2D eigenvalue weighted by Gasteiger charge is 2.21. The SMILES string of the molecule is CCCN(Cc1ccc(OCC2CCCO2)cc1)C1CCNC1. The topological polar surface area (TPSA) is 33.7 Å². The Labute approximate surface area is 140 Å². The number of rotatable bonds is 8. The molecule has 0 saturated carbocycles. The predicted molar refractivity (Wildman–Crippen MR) is 92.9 cm³/mol. The molecular formula is C19H30N2O2. The molecule has 4 heteroatoms. The summed E-state index contributed by atoms with van der Waals surface area (Å²) in [6.07, 6.45) is 5.04. The van der Waals surface area contributed by atoms with Gasteiger partial charge in [0.15, 0.2) is 0 Å². The Balaban J connectivity index is 1.50. The largest absolute Gasteiger partial charge is 0.491 e. The normalized spacial score (nSPS) is 24.4. The monoisotopic (exact) mass is 318 g/mol. The second-order valence-electron chi connectivity index (χ2n) is 6.71. The molecule has 0 aromatic heterocycles. The molecule has 2 atom stereocenters. The van der Waals surface area contributed by atoms with Crippen molar-refractivity contribution in [1.82, 2.24) is 10.2 Å². The molecule has 2 fully saturated rings. The van der Waals surface area contributed by atoms with E-state index in [1.165, 1.54) is 24.9 Å². The fraction of sp³-hybridized carbons (Fsp3) is 0.684. The second kappa shape index (κ2) is 8.67. The highest BCUT2D eigenvalue weighted by Crippen LogP contribution is 2.19. The van der Waals surface area contributed by atoms with Crippen molar-refractivity contribution in [2.24, 2.45) is 0 Å². The first-order chi connectivity index (χ1) is 11.3. The van der Waals surface area contributed by atoms with Crippen molar-refractivity contribution in [3.63, 3.8) is 0 Å². The molecule has 2 aliphatic rings. The first-order valence-corrected chi connectivity index (χ1v) is 9.13. The molecule has 0 bridgehead atoms. The van der Waals surface area contributed by atoms with E-state index in [1.807, 2.05) is 0 Å². The molecule has 2 saturated heterocycles. The van der Waals surface area contributed by atoms with Crippen LogP contribution in [-0.4, -0.2) is 49.9 Å². The van der Waals surface area contributed by atoms with Crippen LogP contribution in [0.25, 0.3) is 0 Å². The van der Waals surface area contributed by atoms with E-state index in [0.29, 0.717) is 12.6 Å². The molecule has 2 heterocycles. The number of ether oxygens (including phenoxy) is 2. The molecule has 0 radical (unpaired) electrons. The average Bonchev–Trinajstić information content (AvgIpc) is 3.27. The summed E-state index contributed by atoms with van der Waals surface area (Å²) in [5.41, 5.74) is 1.37. The van der Waals surface area contributed by atoms with Crippen molar-refractivity contribution in [3.8, 4) is 5.75 Å². The third-order valence-electron chi connectivity index (χ3n) is 4.83. The van der Waals surface area contributed by atoms with E-state index in [0.717, 1.165) is 44.8 Å². The van der Waals surface area contributed by atoms with Crippen molar-refractivity contribution in [1.29, 1.82) is 0 Å². The third kappa shape index (κ3) is 4.93. The Hall–Kier alpha value is -1.10. The Morgan fingerprint density at radius 1 is 1.26 bits per heavy atom. The molecule has 0 spiro atoms. The van der Waals surface area contributed by atoms with Crippen LogP contribution in [0.5, 0.6) is 5.75 Å². The highest BCUT2D eigenvalue weighted by atomic mass is 16.5. The highest BCUT2D eigenvalue weighted by molar-refractivity contribution is 5.27. The third-order valence-corrected chi connectivity index (χ3v) is 4.83. The van der Waals surface area contributed by atoms with Gasteiger partial charge in [-0.25, -0.2) is 0 Å². The van der Waals surface area contributed by atoms with Crippen LogP contribution in [0.2, 0.25) is 0 Å². The molecule has 1 aromatic carbocycles. The van der Waals surface area contributed by atoms with Crippen LogP contribution in [0.15, 0.2) is 24.3 Å². The number of nitrogens with zero attached hydrogens (tertiary/aromatic N) is 1. The van der Waals surface area contributed by atoms with E-state index >= 15 is 0 Å². The summed E-state index contributed by atoms with van der Waals surface area (Å²) in [5, 5.41) is 3.48. The minimum absolute atomic E-state index is 0.282. The van der Waals surface area contributed by atoms with Crippen LogP contribution in [-0.2, 0) is 11.3 Å². The molecule has 1 aromatic rings. The quantitative estimate of drug-likeness (QED) is 0.799. The van der Waals surface area contributed by atoms with Gasteiger partial charge in [0.05, 0.1) is 6.10 Å². The maximum absolute atomic E-state index is 5.85. The fourth-order valence-corrected chi connectivity index (χ4v) is 3.52. The van der Waals surface area contributed by atoms with Crippen molar-refractivity contribution in [2.45, 2.75) is 51.3 Å². The Morgan fingerprint density at radius 3 is 2.78 bits per heavy atom. The van der Waals surface area contributed by atoms with Crippen molar-refractivity contribution in [3.05, 3.63) is 29.8 Å². The number of hydrogen-bond donors (Lipinski definition) is 1. The minimum Gasteiger partial charge on any atom is -0.491 e. The van der Waals surface area contributed by atoms with Gasteiger partial charge in [-0.2, -0.15) is 0 Å². The van der Waals surface area contributed by atoms with Gasteiger partial charge in [0.2, 0.25) is 0 Å². The standard InChI is InChI=1S/C19H30N2O2/c1-2-11-21(17-9-10-20-13-17)14-16-5-7-18(8-6-16)23-15-19-4-3-12-22-19/h5-8,17,19-20H,2-4,9-15H2,1H3. The maximum atomic E-state index is 5.85. The Morgan fingerprint density at radius 2 is 2.13 bits per heavy atom. The smallest absolute Gasteiger partial charge is 0.119 e. The molecule has 23 heavy (non-hydrogen) atoms. The average molecular weight is 318 g/mol. The van der Waals surface area contributed by atoms with Crippen LogP contribution in [0.4, 0.5) is 0 Å². The predicted octanol–water partition coefficient (Wildman–Crippen LogP) is 2.82. The van der Waals surface area contributed by atoms with Gasteiger partial charge >= 0.3 is 0 Å². The van der Waals surface area contributed by atoms with Gasteiger partial charge < -0.3 is 14.8 Å². The summed E-state index contributed by atoms with van der Waals surface area (Å²) in [6, 6.07) is 9.29. The van der Waals surface area contributed by atoms with E-state index in [4.69, 9.17) is 9.47 Å². The zero-order valence-corrected chi connectivity index (χ0v) is 14.3. The molecule has 1 N–H and O–H groups in total. The van der Waals surface area contributed by atoms with E-state index < -0.39 is 0 Å². The van der Waals surface area contributed by atoms with Crippen LogP contribution in [0.3, 0.4) is 0 Å². The van der Waals surface area contributed by atoms with E-state index in [9.17, 15) is 0 Å². The molecular weight excluding hydrogens is 288 g/mol. The van der Waals surface area contributed by atoms with Gasteiger partial charge in [-0.15, -0.1) is 0 Å². The molecule has 128 valence electrons.